The number of nitrogens with one attached hydrogen (secondary N) is 1. The highest BCUT2D eigenvalue weighted by atomic mass is 32.2. The summed E-state index contributed by atoms with van der Waals surface area (Å²) in [7, 11) is 2.01. The maximum Gasteiger partial charge on any atom is 0.106 e. The second-order valence-corrected chi connectivity index (χ2v) is 6.59. The maximum absolute atomic E-state index is 4.83. The van der Waals surface area contributed by atoms with Crippen LogP contribution in [0.15, 0.2) is 0 Å². The molecule has 1 fully saturated rings. The summed E-state index contributed by atoms with van der Waals surface area (Å²) in [5.41, 5.74) is 1.31. The highest BCUT2D eigenvalue weighted by molar-refractivity contribution is 7.99. The first-order chi connectivity index (χ1) is 7.85. The summed E-state index contributed by atoms with van der Waals surface area (Å²) in [6.07, 6.45) is 5.14. The molecule has 2 heterocycles. The molecule has 16 heavy (non-hydrogen) atoms. The van der Waals surface area contributed by atoms with Gasteiger partial charge in [-0.2, -0.15) is 11.8 Å². The minimum absolute atomic E-state index is 0.676. The fraction of sp³-hybridized carbons (Fsp3) is 0.750. The summed E-state index contributed by atoms with van der Waals surface area (Å²) in [4.78, 5) is 6.26. The van der Waals surface area contributed by atoms with E-state index >= 15 is 0 Å². The number of aryl methyl sites for hydroxylation is 1. The smallest absolute Gasteiger partial charge is 0.106 e. The van der Waals surface area contributed by atoms with E-state index in [4.69, 9.17) is 4.98 Å². The van der Waals surface area contributed by atoms with E-state index in [0.29, 0.717) is 5.25 Å². The Morgan fingerprint density at radius 2 is 2.31 bits per heavy atom. The lowest BCUT2D eigenvalue weighted by atomic mass is 10.2. The van der Waals surface area contributed by atoms with Gasteiger partial charge in [0.05, 0.1) is 10.9 Å². The highest BCUT2D eigenvalue weighted by Gasteiger charge is 2.21. The van der Waals surface area contributed by atoms with Crippen molar-refractivity contribution in [2.75, 3.05) is 12.8 Å². The molecule has 4 heteroatoms. The van der Waals surface area contributed by atoms with Crippen LogP contribution in [0.1, 0.15) is 47.0 Å². The molecule has 1 aromatic rings. The molecule has 2 rings (SSSR count). The van der Waals surface area contributed by atoms with Crippen molar-refractivity contribution < 1.29 is 0 Å². The Morgan fingerprint density at radius 3 is 2.94 bits per heavy atom. The summed E-state index contributed by atoms with van der Waals surface area (Å²) in [6, 6.07) is 0. The Morgan fingerprint density at radius 1 is 1.44 bits per heavy atom. The Hall–Kier alpha value is -0.0600. The molecule has 1 aliphatic rings. The van der Waals surface area contributed by atoms with E-state index in [1.54, 1.807) is 0 Å². The average molecular weight is 256 g/mol. The topological polar surface area (TPSA) is 24.9 Å². The minimum Gasteiger partial charge on any atom is -0.315 e. The van der Waals surface area contributed by atoms with Crippen molar-refractivity contribution in [3.05, 3.63) is 15.6 Å². The SMILES string of the molecule is CCc1nc(C2CCCCS2)sc1CNC. The van der Waals surface area contributed by atoms with E-state index in [-0.39, 0.29) is 0 Å². The molecule has 0 radical (unpaired) electrons. The van der Waals surface area contributed by atoms with Crippen molar-refractivity contribution in [2.24, 2.45) is 0 Å². The van der Waals surface area contributed by atoms with Gasteiger partial charge in [0.25, 0.3) is 0 Å². The third kappa shape index (κ3) is 2.79. The number of nitrogens with zero attached hydrogens (tertiary/aromatic N) is 1. The van der Waals surface area contributed by atoms with Crippen LogP contribution in [0.3, 0.4) is 0 Å². The molecular weight excluding hydrogens is 236 g/mol. The van der Waals surface area contributed by atoms with Crippen molar-refractivity contribution in [2.45, 2.75) is 44.4 Å². The number of aromatic nitrogens is 1. The van der Waals surface area contributed by atoms with Gasteiger partial charge in [-0.1, -0.05) is 13.3 Å². The molecule has 1 atom stereocenters. The number of hydrogen-bond donors (Lipinski definition) is 1. The predicted molar refractivity (Wildman–Crippen MR) is 73.3 cm³/mol. The summed E-state index contributed by atoms with van der Waals surface area (Å²) >= 11 is 4.02. The van der Waals surface area contributed by atoms with Gasteiger partial charge in [-0.25, -0.2) is 4.98 Å². The normalized spacial score (nSPS) is 21.2. The number of thiazole rings is 1. The van der Waals surface area contributed by atoms with Crippen LogP contribution in [-0.4, -0.2) is 17.8 Å². The molecule has 2 nitrogen and oxygen atoms in total. The van der Waals surface area contributed by atoms with E-state index in [0.717, 1.165) is 13.0 Å². The summed E-state index contributed by atoms with van der Waals surface area (Å²) in [5, 5.41) is 5.28. The lowest BCUT2D eigenvalue weighted by molar-refractivity contribution is 0.682. The predicted octanol–water partition coefficient (Wildman–Crippen LogP) is 3.38. The van der Waals surface area contributed by atoms with E-state index in [1.807, 2.05) is 18.4 Å². The Bertz CT molecular complexity index is 330. The van der Waals surface area contributed by atoms with Crippen LogP contribution >= 0.6 is 23.1 Å². The number of thioether (sulfide) groups is 1. The second kappa shape index (κ2) is 6.03. The fourth-order valence-electron chi connectivity index (χ4n) is 2.05. The second-order valence-electron chi connectivity index (χ2n) is 4.16. The largest absolute Gasteiger partial charge is 0.315 e. The molecule has 0 bridgehead atoms. The molecule has 1 aromatic heterocycles. The standard InChI is InChI=1S/C12H20N2S2/c1-3-9-11(8-13-2)16-12(14-9)10-6-4-5-7-15-10/h10,13H,3-8H2,1-2H3. The molecule has 0 spiro atoms. The van der Waals surface area contributed by atoms with Gasteiger partial charge < -0.3 is 5.32 Å². The van der Waals surface area contributed by atoms with Gasteiger partial charge in [0, 0.05) is 11.4 Å². The monoisotopic (exact) mass is 256 g/mol. The zero-order valence-corrected chi connectivity index (χ0v) is 11.7. The zero-order valence-electron chi connectivity index (χ0n) is 10.1. The summed E-state index contributed by atoms with van der Waals surface area (Å²) in [5.74, 6) is 1.31. The molecule has 1 N–H and O–H groups in total. The van der Waals surface area contributed by atoms with E-state index in [2.05, 4.69) is 24.0 Å². The van der Waals surface area contributed by atoms with Gasteiger partial charge >= 0.3 is 0 Å². The minimum atomic E-state index is 0.676. The highest BCUT2D eigenvalue weighted by Crippen LogP contribution is 2.40. The van der Waals surface area contributed by atoms with Crippen LogP contribution < -0.4 is 5.32 Å². The maximum atomic E-state index is 4.83. The van der Waals surface area contributed by atoms with Crippen molar-refractivity contribution in [3.63, 3.8) is 0 Å². The van der Waals surface area contributed by atoms with Crippen molar-refractivity contribution in [3.8, 4) is 0 Å². The van der Waals surface area contributed by atoms with Gasteiger partial charge in [-0.3, -0.25) is 0 Å². The van der Waals surface area contributed by atoms with Crippen LogP contribution in [0.25, 0.3) is 0 Å². The molecule has 0 aromatic carbocycles. The molecule has 0 amide bonds. The molecule has 0 aliphatic carbocycles. The van der Waals surface area contributed by atoms with Gasteiger partial charge in [-0.05, 0) is 32.1 Å². The first kappa shape index (κ1) is 12.4. The van der Waals surface area contributed by atoms with Gasteiger partial charge in [0.1, 0.15) is 5.01 Å². The first-order valence-electron chi connectivity index (χ1n) is 6.09. The summed E-state index contributed by atoms with van der Waals surface area (Å²) < 4.78 is 0. The van der Waals surface area contributed by atoms with E-state index < -0.39 is 0 Å². The Balaban J connectivity index is 2.14. The van der Waals surface area contributed by atoms with Crippen LogP contribution in [0, 0.1) is 0 Å². The molecule has 1 unspecified atom stereocenters. The number of hydrogen-bond acceptors (Lipinski definition) is 4. The molecule has 1 saturated heterocycles. The van der Waals surface area contributed by atoms with Crippen LogP contribution in [0.2, 0.25) is 0 Å². The van der Waals surface area contributed by atoms with E-state index in [9.17, 15) is 0 Å². The van der Waals surface area contributed by atoms with Gasteiger partial charge in [0.15, 0.2) is 0 Å². The quantitative estimate of drug-likeness (QED) is 0.894. The third-order valence-corrected chi connectivity index (χ3v) is 5.67. The van der Waals surface area contributed by atoms with Crippen LogP contribution in [0.4, 0.5) is 0 Å². The van der Waals surface area contributed by atoms with Crippen molar-refractivity contribution >= 4 is 23.1 Å². The molecule has 0 saturated carbocycles. The summed E-state index contributed by atoms with van der Waals surface area (Å²) in [6.45, 7) is 3.17. The van der Waals surface area contributed by atoms with Crippen molar-refractivity contribution in [1.82, 2.24) is 10.3 Å². The number of rotatable bonds is 4. The zero-order chi connectivity index (χ0) is 11.4. The fourth-order valence-corrected chi connectivity index (χ4v) is 4.77. The van der Waals surface area contributed by atoms with Gasteiger partial charge in [-0.15, -0.1) is 11.3 Å². The average Bonchev–Trinajstić information content (AvgIpc) is 2.74. The van der Waals surface area contributed by atoms with Gasteiger partial charge in [0.2, 0.25) is 0 Å². The lowest BCUT2D eigenvalue weighted by Crippen LogP contribution is -2.05. The van der Waals surface area contributed by atoms with Crippen molar-refractivity contribution in [1.29, 1.82) is 0 Å². The molecule has 90 valence electrons. The van der Waals surface area contributed by atoms with Crippen LogP contribution in [-0.2, 0) is 13.0 Å². The third-order valence-electron chi connectivity index (χ3n) is 2.92. The Kier molecular flexibility index (Phi) is 4.67. The Labute approximate surface area is 106 Å². The molecular formula is C12H20N2S2. The van der Waals surface area contributed by atoms with Crippen LogP contribution in [0.5, 0.6) is 0 Å². The molecule has 1 aliphatic heterocycles. The van der Waals surface area contributed by atoms with E-state index in [1.165, 1.54) is 40.6 Å². The lowest BCUT2D eigenvalue weighted by Gasteiger charge is -2.18. The first-order valence-corrected chi connectivity index (χ1v) is 7.96.